The van der Waals surface area contributed by atoms with E-state index in [2.05, 4.69) is 51.4 Å². The number of carbonyl (C=O) groups is 1. The summed E-state index contributed by atoms with van der Waals surface area (Å²) in [6, 6.07) is 16.9. The molecule has 0 unspecified atom stereocenters. The van der Waals surface area contributed by atoms with E-state index in [1.165, 1.54) is 11.1 Å². The molecule has 0 spiro atoms. The quantitative estimate of drug-likeness (QED) is 0.708. The smallest absolute Gasteiger partial charge is 0.220 e. The van der Waals surface area contributed by atoms with Crippen molar-refractivity contribution in [1.29, 1.82) is 0 Å². The van der Waals surface area contributed by atoms with Crippen LogP contribution in [0.25, 0.3) is 11.0 Å². The molecule has 27 heavy (non-hydrogen) atoms. The summed E-state index contributed by atoms with van der Waals surface area (Å²) in [5, 5.41) is 3.09. The maximum atomic E-state index is 12.2. The number of rotatable bonds is 6. The zero-order valence-corrected chi connectivity index (χ0v) is 15.7. The first kappa shape index (κ1) is 17.7. The van der Waals surface area contributed by atoms with Crippen LogP contribution >= 0.6 is 0 Å². The molecule has 0 radical (unpaired) electrons. The molecule has 0 saturated heterocycles. The van der Waals surface area contributed by atoms with Gasteiger partial charge in [0, 0.05) is 38.5 Å². The molecule has 2 aromatic carbocycles. The van der Waals surface area contributed by atoms with Gasteiger partial charge >= 0.3 is 0 Å². The topological polar surface area (TPSA) is 61.0 Å². The number of imidazole rings is 1. The van der Waals surface area contributed by atoms with Gasteiger partial charge in [0.15, 0.2) is 0 Å². The second-order valence-electron chi connectivity index (χ2n) is 7.34. The second kappa shape index (κ2) is 7.92. The van der Waals surface area contributed by atoms with Crippen LogP contribution in [0.4, 0.5) is 0 Å². The number of hydrogen-bond acceptors (Lipinski definition) is 3. The minimum atomic E-state index is 0.0831. The first-order valence-corrected chi connectivity index (χ1v) is 9.70. The third kappa shape index (κ3) is 4.19. The number of aromatic nitrogens is 2. The Kier molecular flexibility index (Phi) is 5.21. The Morgan fingerprint density at radius 3 is 2.81 bits per heavy atom. The maximum Gasteiger partial charge on any atom is 0.220 e. The zero-order valence-electron chi connectivity index (χ0n) is 15.7. The van der Waals surface area contributed by atoms with Crippen molar-refractivity contribution in [2.24, 2.45) is 0 Å². The molecule has 0 saturated carbocycles. The molecular formula is C22H26N4O. The van der Waals surface area contributed by atoms with E-state index < -0.39 is 0 Å². The Hall–Kier alpha value is -2.66. The van der Waals surface area contributed by atoms with E-state index in [1.807, 2.05) is 24.3 Å². The number of fused-ring (bicyclic) bond motifs is 2. The summed E-state index contributed by atoms with van der Waals surface area (Å²) in [4.78, 5) is 22.5. The van der Waals surface area contributed by atoms with Crippen LogP contribution in [0.1, 0.15) is 30.3 Å². The predicted octanol–water partition coefficient (Wildman–Crippen LogP) is 3.06. The Bertz CT molecular complexity index is 900. The third-order valence-electron chi connectivity index (χ3n) is 5.41. The molecule has 2 N–H and O–H groups in total. The van der Waals surface area contributed by atoms with Gasteiger partial charge in [-0.2, -0.15) is 0 Å². The van der Waals surface area contributed by atoms with Crippen molar-refractivity contribution in [2.45, 2.75) is 38.8 Å². The molecule has 1 aliphatic rings. The highest BCUT2D eigenvalue weighted by molar-refractivity contribution is 5.77. The van der Waals surface area contributed by atoms with Crippen LogP contribution in [0.15, 0.2) is 48.5 Å². The van der Waals surface area contributed by atoms with Gasteiger partial charge in [0.05, 0.1) is 11.0 Å². The van der Waals surface area contributed by atoms with Gasteiger partial charge in [0.1, 0.15) is 5.82 Å². The number of hydrogen-bond donors (Lipinski definition) is 2. The molecule has 0 aliphatic carbocycles. The lowest BCUT2D eigenvalue weighted by Crippen LogP contribution is -2.44. The molecule has 1 aliphatic heterocycles. The lowest BCUT2D eigenvalue weighted by Gasteiger charge is -2.33. The number of H-pyrrole nitrogens is 1. The summed E-state index contributed by atoms with van der Waals surface area (Å²) in [7, 11) is 0. The van der Waals surface area contributed by atoms with E-state index in [0.29, 0.717) is 25.4 Å². The first-order valence-electron chi connectivity index (χ1n) is 9.70. The molecule has 0 bridgehead atoms. The first-order chi connectivity index (χ1) is 13.2. The minimum Gasteiger partial charge on any atom is -0.355 e. The third-order valence-corrected chi connectivity index (χ3v) is 5.41. The van der Waals surface area contributed by atoms with Crippen molar-refractivity contribution in [3.05, 3.63) is 65.5 Å². The van der Waals surface area contributed by atoms with Gasteiger partial charge in [0.25, 0.3) is 0 Å². The van der Waals surface area contributed by atoms with Gasteiger partial charge in [-0.25, -0.2) is 4.98 Å². The Labute approximate surface area is 159 Å². The van der Waals surface area contributed by atoms with E-state index in [1.54, 1.807) is 0 Å². The lowest BCUT2D eigenvalue weighted by molar-refractivity contribution is -0.121. The van der Waals surface area contributed by atoms with E-state index in [-0.39, 0.29) is 5.91 Å². The number of aryl methyl sites for hydroxylation is 1. The number of nitrogens with one attached hydrogen (secondary N) is 2. The summed E-state index contributed by atoms with van der Waals surface area (Å²) >= 11 is 0. The molecule has 4 rings (SSSR count). The summed E-state index contributed by atoms with van der Waals surface area (Å²) in [5.41, 5.74) is 4.83. The fourth-order valence-electron chi connectivity index (χ4n) is 3.73. The minimum absolute atomic E-state index is 0.0831. The van der Waals surface area contributed by atoms with Crippen molar-refractivity contribution in [2.75, 3.05) is 13.1 Å². The SMILES string of the molecule is C[C@@H](CNC(=O)CCc1nc2ccccc2[nH]1)N1CCc2ccccc2C1. The lowest BCUT2D eigenvalue weighted by atomic mass is 9.99. The highest BCUT2D eigenvalue weighted by atomic mass is 16.1. The normalized spacial score (nSPS) is 15.4. The van der Waals surface area contributed by atoms with Crippen LogP contribution in [-0.4, -0.2) is 39.9 Å². The molecule has 1 amide bonds. The van der Waals surface area contributed by atoms with Crippen molar-refractivity contribution in [3.8, 4) is 0 Å². The van der Waals surface area contributed by atoms with Gasteiger partial charge in [-0.15, -0.1) is 0 Å². The number of benzene rings is 2. The molecule has 2 heterocycles. The Morgan fingerprint density at radius 2 is 1.96 bits per heavy atom. The fraction of sp³-hybridized carbons (Fsp3) is 0.364. The average Bonchev–Trinajstić information content (AvgIpc) is 3.13. The molecule has 1 atom stereocenters. The largest absolute Gasteiger partial charge is 0.355 e. The summed E-state index contributed by atoms with van der Waals surface area (Å²) in [5.74, 6) is 0.951. The molecule has 5 nitrogen and oxygen atoms in total. The van der Waals surface area contributed by atoms with Gasteiger partial charge < -0.3 is 10.3 Å². The van der Waals surface area contributed by atoms with Gasteiger partial charge in [-0.05, 0) is 36.6 Å². The van der Waals surface area contributed by atoms with E-state index >= 15 is 0 Å². The number of para-hydroxylation sites is 2. The van der Waals surface area contributed by atoms with E-state index in [9.17, 15) is 4.79 Å². The van der Waals surface area contributed by atoms with Crippen molar-refractivity contribution < 1.29 is 4.79 Å². The van der Waals surface area contributed by atoms with Crippen LogP contribution in [0, 0.1) is 0 Å². The predicted molar refractivity (Wildman–Crippen MR) is 107 cm³/mol. The summed E-state index contributed by atoms with van der Waals surface area (Å²) < 4.78 is 0. The number of amides is 1. The summed E-state index contributed by atoms with van der Waals surface area (Å²) in [6.07, 6.45) is 2.17. The number of aromatic amines is 1. The highest BCUT2D eigenvalue weighted by Crippen LogP contribution is 2.20. The Morgan fingerprint density at radius 1 is 1.19 bits per heavy atom. The average molecular weight is 362 g/mol. The van der Waals surface area contributed by atoms with E-state index in [0.717, 1.165) is 36.4 Å². The van der Waals surface area contributed by atoms with Crippen LogP contribution in [0.3, 0.4) is 0 Å². The molecule has 0 fully saturated rings. The van der Waals surface area contributed by atoms with Crippen molar-refractivity contribution in [1.82, 2.24) is 20.2 Å². The Balaban J connectivity index is 1.24. The van der Waals surface area contributed by atoms with Gasteiger partial charge in [-0.3, -0.25) is 9.69 Å². The number of nitrogens with zero attached hydrogens (tertiary/aromatic N) is 2. The van der Waals surface area contributed by atoms with Gasteiger partial charge in [0.2, 0.25) is 5.91 Å². The number of carbonyl (C=O) groups excluding carboxylic acids is 1. The van der Waals surface area contributed by atoms with E-state index in [4.69, 9.17) is 0 Å². The molecule has 140 valence electrons. The van der Waals surface area contributed by atoms with Crippen LogP contribution < -0.4 is 5.32 Å². The molecule has 3 aromatic rings. The van der Waals surface area contributed by atoms with Crippen LogP contribution in [0.5, 0.6) is 0 Å². The standard InChI is InChI=1S/C22H26N4O/c1-16(26-13-12-17-6-2-3-7-18(17)15-26)14-23-22(27)11-10-21-24-19-8-4-5-9-20(19)25-21/h2-9,16H,10-15H2,1H3,(H,23,27)(H,24,25)/t16-/m0/s1. The summed E-state index contributed by atoms with van der Waals surface area (Å²) in [6.45, 7) is 4.88. The van der Waals surface area contributed by atoms with Crippen molar-refractivity contribution >= 4 is 16.9 Å². The van der Waals surface area contributed by atoms with Gasteiger partial charge in [-0.1, -0.05) is 36.4 Å². The second-order valence-corrected chi connectivity index (χ2v) is 7.34. The maximum absolute atomic E-state index is 12.2. The van der Waals surface area contributed by atoms with Crippen LogP contribution in [0.2, 0.25) is 0 Å². The highest BCUT2D eigenvalue weighted by Gasteiger charge is 2.20. The van der Waals surface area contributed by atoms with Crippen LogP contribution in [-0.2, 0) is 24.2 Å². The fourth-order valence-corrected chi connectivity index (χ4v) is 3.73. The molecule has 1 aromatic heterocycles. The monoisotopic (exact) mass is 362 g/mol. The zero-order chi connectivity index (χ0) is 18.6. The molecule has 5 heteroatoms. The molecular weight excluding hydrogens is 336 g/mol. The van der Waals surface area contributed by atoms with Crippen molar-refractivity contribution in [3.63, 3.8) is 0 Å².